The van der Waals surface area contributed by atoms with Gasteiger partial charge in [0.2, 0.25) is 0 Å². The van der Waals surface area contributed by atoms with E-state index in [2.05, 4.69) is 5.32 Å². The summed E-state index contributed by atoms with van der Waals surface area (Å²) in [5, 5.41) is 3.13. The van der Waals surface area contributed by atoms with E-state index < -0.39 is 0 Å². The van der Waals surface area contributed by atoms with Crippen molar-refractivity contribution >= 4 is 28.7 Å². The first-order valence-corrected chi connectivity index (χ1v) is 5.88. The van der Waals surface area contributed by atoms with Gasteiger partial charge < -0.3 is 5.32 Å². The van der Waals surface area contributed by atoms with Crippen molar-refractivity contribution in [3.8, 4) is 0 Å². The summed E-state index contributed by atoms with van der Waals surface area (Å²) in [7, 11) is 0. The molecule has 4 heteroatoms. The summed E-state index contributed by atoms with van der Waals surface area (Å²) < 4.78 is 0.750. The summed E-state index contributed by atoms with van der Waals surface area (Å²) >= 11 is 7.24. The zero-order valence-electron chi connectivity index (χ0n) is 8.18. The van der Waals surface area contributed by atoms with Crippen molar-refractivity contribution in [2.24, 2.45) is 0 Å². The maximum absolute atomic E-state index is 11.4. The van der Waals surface area contributed by atoms with Gasteiger partial charge in [0.1, 0.15) is 5.78 Å². The highest BCUT2D eigenvalue weighted by Gasteiger charge is 2.05. The quantitative estimate of drug-likeness (QED) is 0.763. The van der Waals surface area contributed by atoms with E-state index in [0.29, 0.717) is 12.8 Å². The van der Waals surface area contributed by atoms with E-state index in [1.165, 1.54) is 11.3 Å². The number of Topliss-reactive ketones (excluding diaryl/α,β-unsaturated/α-hetero) is 1. The molecule has 0 spiro atoms. The molecule has 1 aromatic heterocycles. The van der Waals surface area contributed by atoms with Gasteiger partial charge in [0.05, 0.1) is 4.34 Å². The van der Waals surface area contributed by atoms with E-state index in [1.54, 1.807) is 0 Å². The summed E-state index contributed by atoms with van der Waals surface area (Å²) in [4.78, 5) is 12.5. The van der Waals surface area contributed by atoms with E-state index >= 15 is 0 Å². The molecule has 1 N–H and O–H groups in total. The third-order valence-electron chi connectivity index (χ3n) is 1.83. The molecular formula is C10H14ClNOS. The lowest BCUT2D eigenvalue weighted by Crippen LogP contribution is -2.18. The average Bonchev–Trinajstić information content (AvgIpc) is 2.52. The normalized spacial score (nSPS) is 10.4. The number of thiophene rings is 1. The van der Waals surface area contributed by atoms with Crippen LogP contribution in [0.5, 0.6) is 0 Å². The summed E-state index contributed by atoms with van der Waals surface area (Å²) in [5.74, 6) is 0.268. The first kappa shape index (κ1) is 11.7. The molecule has 0 atom stereocenters. The lowest BCUT2D eigenvalue weighted by molar-refractivity contribution is -0.118. The first-order valence-electron chi connectivity index (χ1n) is 4.69. The van der Waals surface area contributed by atoms with Crippen LogP contribution in [0, 0.1) is 0 Å². The van der Waals surface area contributed by atoms with Crippen LogP contribution in [-0.4, -0.2) is 18.9 Å². The molecule has 0 saturated carbocycles. The van der Waals surface area contributed by atoms with Crippen molar-refractivity contribution in [2.45, 2.75) is 19.8 Å². The van der Waals surface area contributed by atoms with Gasteiger partial charge in [0.25, 0.3) is 0 Å². The van der Waals surface area contributed by atoms with Crippen LogP contribution in [0.25, 0.3) is 0 Å². The number of rotatable bonds is 6. The number of ketones is 1. The van der Waals surface area contributed by atoms with Crippen molar-refractivity contribution in [1.29, 1.82) is 0 Å². The van der Waals surface area contributed by atoms with E-state index in [0.717, 1.165) is 22.3 Å². The number of nitrogens with one attached hydrogen (secondary N) is 1. The maximum Gasteiger partial charge on any atom is 0.139 e. The van der Waals surface area contributed by atoms with Crippen LogP contribution in [0.1, 0.15) is 18.2 Å². The topological polar surface area (TPSA) is 29.1 Å². The molecule has 0 aliphatic rings. The number of carbonyl (C=O) groups excluding carboxylic acids is 1. The van der Waals surface area contributed by atoms with Gasteiger partial charge in [-0.15, -0.1) is 11.3 Å². The monoisotopic (exact) mass is 231 g/mol. The standard InChI is InChI=1S/C10H14ClNOS/c1-2-12-6-5-8(13)7-9-3-4-10(11)14-9/h3-4,12H,2,5-7H2,1H3. The van der Waals surface area contributed by atoms with Crippen LogP contribution < -0.4 is 5.32 Å². The zero-order chi connectivity index (χ0) is 10.4. The van der Waals surface area contributed by atoms with Crippen LogP contribution in [0.4, 0.5) is 0 Å². The molecule has 1 aromatic rings. The van der Waals surface area contributed by atoms with Crippen LogP contribution in [0.3, 0.4) is 0 Å². The van der Waals surface area contributed by atoms with E-state index in [1.807, 2.05) is 19.1 Å². The highest BCUT2D eigenvalue weighted by Crippen LogP contribution is 2.21. The van der Waals surface area contributed by atoms with Gasteiger partial charge in [-0.25, -0.2) is 0 Å². The molecule has 0 bridgehead atoms. The molecule has 0 aliphatic carbocycles. The Hall–Kier alpha value is -0.380. The Kier molecular flexibility index (Phi) is 5.15. The van der Waals surface area contributed by atoms with Gasteiger partial charge >= 0.3 is 0 Å². The van der Waals surface area contributed by atoms with Crippen LogP contribution >= 0.6 is 22.9 Å². The predicted octanol–water partition coefficient (Wildman–Crippen LogP) is 2.51. The zero-order valence-corrected chi connectivity index (χ0v) is 9.75. The van der Waals surface area contributed by atoms with Crippen molar-refractivity contribution in [3.63, 3.8) is 0 Å². The molecule has 0 radical (unpaired) electrons. The Bertz CT molecular complexity index is 298. The van der Waals surface area contributed by atoms with E-state index in [-0.39, 0.29) is 5.78 Å². The van der Waals surface area contributed by atoms with Crippen LogP contribution in [0.2, 0.25) is 4.34 Å². The SMILES string of the molecule is CCNCCC(=O)Cc1ccc(Cl)s1. The minimum absolute atomic E-state index is 0.268. The van der Waals surface area contributed by atoms with Crippen LogP contribution in [0.15, 0.2) is 12.1 Å². The minimum atomic E-state index is 0.268. The van der Waals surface area contributed by atoms with Crippen molar-refractivity contribution in [2.75, 3.05) is 13.1 Å². The summed E-state index contributed by atoms with van der Waals surface area (Å²) in [6.07, 6.45) is 1.12. The fourth-order valence-electron chi connectivity index (χ4n) is 1.13. The maximum atomic E-state index is 11.4. The molecule has 1 rings (SSSR count). The van der Waals surface area contributed by atoms with Gasteiger partial charge in [0, 0.05) is 24.3 Å². The summed E-state index contributed by atoms with van der Waals surface area (Å²) in [6.45, 7) is 3.72. The average molecular weight is 232 g/mol. The molecule has 0 fully saturated rings. The fourth-order valence-corrected chi connectivity index (χ4v) is 2.25. The largest absolute Gasteiger partial charge is 0.317 e. The minimum Gasteiger partial charge on any atom is -0.317 e. The molecule has 0 unspecified atom stereocenters. The molecule has 0 aromatic carbocycles. The Morgan fingerprint density at radius 2 is 2.36 bits per heavy atom. The van der Waals surface area contributed by atoms with Gasteiger partial charge in [-0.3, -0.25) is 4.79 Å². The summed E-state index contributed by atoms with van der Waals surface area (Å²) in [6, 6.07) is 3.75. The van der Waals surface area contributed by atoms with Crippen LogP contribution in [-0.2, 0) is 11.2 Å². The molecule has 78 valence electrons. The van der Waals surface area contributed by atoms with Crippen molar-refractivity contribution in [3.05, 3.63) is 21.3 Å². The lowest BCUT2D eigenvalue weighted by Gasteiger charge is -1.99. The van der Waals surface area contributed by atoms with Gasteiger partial charge in [-0.1, -0.05) is 18.5 Å². The predicted molar refractivity (Wildman–Crippen MR) is 61.2 cm³/mol. The number of hydrogen-bond acceptors (Lipinski definition) is 3. The Morgan fingerprint density at radius 3 is 2.93 bits per heavy atom. The van der Waals surface area contributed by atoms with Crippen molar-refractivity contribution < 1.29 is 4.79 Å². The second-order valence-electron chi connectivity index (χ2n) is 3.02. The first-order chi connectivity index (χ1) is 6.72. The smallest absolute Gasteiger partial charge is 0.139 e. The fraction of sp³-hybridized carbons (Fsp3) is 0.500. The summed E-state index contributed by atoms with van der Waals surface area (Å²) in [5.41, 5.74) is 0. The highest BCUT2D eigenvalue weighted by atomic mass is 35.5. The van der Waals surface area contributed by atoms with Gasteiger partial charge in [0.15, 0.2) is 0 Å². The van der Waals surface area contributed by atoms with Gasteiger partial charge in [-0.2, -0.15) is 0 Å². The number of halogens is 1. The third-order valence-corrected chi connectivity index (χ3v) is 3.06. The van der Waals surface area contributed by atoms with Gasteiger partial charge in [-0.05, 0) is 18.7 Å². The number of carbonyl (C=O) groups is 1. The molecule has 0 saturated heterocycles. The molecular weight excluding hydrogens is 218 g/mol. The highest BCUT2D eigenvalue weighted by molar-refractivity contribution is 7.16. The Balaban J connectivity index is 2.27. The molecule has 0 aliphatic heterocycles. The lowest BCUT2D eigenvalue weighted by atomic mass is 10.2. The van der Waals surface area contributed by atoms with Crippen molar-refractivity contribution in [1.82, 2.24) is 5.32 Å². The second kappa shape index (κ2) is 6.17. The number of hydrogen-bond donors (Lipinski definition) is 1. The third kappa shape index (κ3) is 4.22. The molecule has 14 heavy (non-hydrogen) atoms. The van der Waals surface area contributed by atoms with E-state index in [4.69, 9.17) is 11.6 Å². The molecule has 1 heterocycles. The Labute approximate surface area is 93.3 Å². The Morgan fingerprint density at radius 1 is 1.57 bits per heavy atom. The molecule has 2 nitrogen and oxygen atoms in total. The van der Waals surface area contributed by atoms with E-state index in [9.17, 15) is 4.79 Å². The second-order valence-corrected chi connectivity index (χ2v) is 4.82. The molecule has 0 amide bonds.